The molecule has 7 heteroatoms. The van der Waals surface area contributed by atoms with E-state index < -0.39 is 17.8 Å². The highest BCUT2D eigenvalue weighted by molar-refractivity contribution is 6.42. The quantitative estimate of drug-likeness (QED) is 0.803. The Bertz CT molecular complexity index is 534. The number of carbonyl (C=O) groups is 2. The lowest BCUT2D eigenvalue weighted by Crippen LogP contribution is -2.33. The summed E-state index contributed by atoms with van der Waals surface area (Å²) in [6, 6.07) is 2.84. The summed E-state index contributed by atoms with van der Waals surface area (Å²) in [5, 5.41) is 12.1. The number of carboxylic acids is 1. The molecule has 0 saturated carbocycles. The van der Waals surface area contributed by atoms with Crippen molar-refractivity contribution in [3.05, 3.63) is 27.7 Å². The van der Waals surface area contributed by atoms with Crippen LogP contribution < -0.4 is 10.1 Å². The Morgan fingerprint density at radius 3 is 2.48 bits per heavy atom. The third-order valence-corrected chi connectivity index (χ3v) is 3.70. The number of nitrogens with one attached hydrogen (secondary N) is 1. The smallest absolute Gasteiger partial charge is 0.308 e. The summed E-state index contributed by atoms with van der Waals surface area (Å²) in [7, 11) is 1.41. The molecule has 0 fully saturated rings. The first-order chi connectivity index (χ1) is 9.90. The van der Waals surface area contributed by atoms with E-state index in [1.807, 2.05) is 6.92 Å². The Labute approximate surface area is 133 Å². The van der Waals surface area contributed by atoms with Gasteiger partial charge in [0.15, 0.2) is 0 Å². The largest absolute Gasteiger partial charge is 0.496 e. The first-order valence-corrected chi connectivity index (χ1v) is 7.20. The Morgan fingerprint density at radius 1 is 1.33 bits per heavy atom. The normalized spacial score (nSPS) is 11.8. The van der Waals surface area contributed by atoms with Gasteiger partial charge in [0.2, 0.25) is 0 Å². The minimum Gasteiger partial charge on any atom is -0.496 e. The van der Waals surface area contributed by atoms with E-state index >= 15 is 0 Å². The van der Waals surface area contributed by atoms with Gasteiger partial charge in [0, 0.05) is 12.6 Å². The van der Waals surface area contributed by atoms with Gasteiger partial charge in [0.1, 0.15) is 5.75 Å². The predicted octanol–water partition coefficient (Wildman–Crippen LogP) is 3.23. The van der Waals surface area contributed by atoms with Crippen molar-refractivity contribution >= 4 is 35.1 Å². The van der Waals surface area contributed by atoms with Crippen molar-refractivity contribution in [2.45, 2.75) is 19.8 Å². The fourth-order valence-corrected chi connectivity index (χ4v) is 2.16. The van der Waals surface area contributed by atoms with Crippen LogP contribution in [-0.4, -0.2) is 30.6 Å². The number of aliphatic carboxylic acids is 1. The molecule has 0 aliphatic heterocycles. The molecular weight excluding hydrogens is 317 g/mol. The number of rotatable bonds is 7. The first kappa shape index (κ1) is 17.6. The summed E-state index contributed by atoms with van der Waals surface area (Å²) in [5.74, 6) is -1.72. The summed E-state index contributed by atoms with van der Waals surface area (Å²) in [6.07, 6.45) is 1.22. The lowest BCUT2D eigenvalue weighted by molar-refractivity contribution is -0.141. The van der Waals surface area contributed by atoms with Gasteiger partial charge in [0.25, 0.3) is 5.91 Å². The van der Waals surface area contributed by atoms with Crippen molar-refractivity contribution < 1.29 is 19.4 Å². The standard InChI is InChI=1S/C14H17Cl2NO4/c1-3-4-8(14(19)20)7-17-13(18)9-5-10(15)11(16)6-12(9)21-2/h5-6,8H,3-4,7H2,1-2H3,(H,17,18)(H,19,20). The van der Waals surface area contributed by atoms with E-state index in [0.29, 0.717) is 6.42 Å². The van der Waals surface area contributed by atoms with Crippen LogP contribution in [0.4, 0.5) is 0 Å². The summed E-state index contributed by atoms with van der Waals surface area (Å²) < 4.78 is 5.08. The molecule has 0 heterocycles. The zero-order valence-corrected chi connectivity index (χ0v) is 13.3. The van der Waals surface area contributed by atoms with Gasteiger partial charge in [-0.15, -0.1) is 0 Å². The second kappa shape index (κ2) is 8.10. The number of hydrogen-bond donors (Lipinski definition) is 2. The lowest BCUT2D eigenvalue weighted by atomic mass is 10.0. The second-order valence-corrected chi connectivity index (χ2v) is 5.31. The average Bonchev–Trinajstić information content (AvgIpc) is 2.45. The highest BCUT2D eigenvalue weighted by atomic mass is 35.5. The van der Waals surface area contributed by atoms with Crippen molar-refractivity contribution in [2.75, 3.05) is 13.7 Å². The maximum atomic E-state index is 12.1. The molecule has 1 atom stereocenters. The van der Waals surface area contributed by atoms with Crippen molar-refractivity contribution in [3.8, 4) is 5.75 Å². The molecule has 1 aromatic carbocycles. The number of amides is 1. The molecule has 0 aromatic heterocycles. The van der Waals surface area contributed by atoms with Crippen molar-refractivity contribution in [1.82, 2.24) is 5.32 Å². The highest BCUT2D eigenvalue weighted by Gasteiger charge is 2.20. The van der Waals surface area contributed by atoms with Crippen LogP contribution >= 0.6 is 23.2 Å². The Hall–Kier alpha value is -1.46. The van der Waals surface area contributed by atoms with Crippen LogP contribution in [0.1, 0.15) is 30.1 Å². The number of carbonyl (C=O) groups excluding carboxylic acids is 1. The summed E-state index contributed by atoms with van der Waals surface area (Å²) in [6.45, 7) is 1.94. The number of methoxy groups -OCH3 is 1. The van der Waals surface area contributed by atoms with Crippen LogP contribution in [-0.2, 0) is 4.79 Å². The highest BCUT2D eigenvalue weighted by Crippen LogP contribution is 2.30. The number of ether oxygens (including phenoxy) is 1. The van der Waals surface area contributed by atoms with Gasteiger partial charge in [-0.1, -0.05) is 36.5 Å². The molecule has 116 valence electrons. The van der Waals surface area contributed by atoms with Crippen LogP contribution in [0.15, 0.2) is 12.1 Å². The molecule has 0 aliphatic rings. The Kier molecular flexibility index (Phi) is 6.78. The molecular formula is C14H17Cl2NO4. The molecule has 0 aliphatic carbocycles. The third kappa shape index (κ3) is 4.79. The Balaban J connectivity index is 2.84. The number of carboxylic acid groups (broad SMARTS) is 1. The average molecular weight is 334 g/mol. The van der Waals surface area contributed by atoms with E-state index in [9.17, 15) is 9.59 Å². The molecule has 0 spiro atoms. The fourth-order valence-electron chi connectivity index (χ4n) is 1.85. The topological polar surface area (TPSA) is 75.6 Å². The van der Waals surface area contributed by atoms with E-state index in [1.54, 1.807) is 0 Å². The van der Waals surface area contributed by atoms with Crippen LogP contribution in [0.2, 0.25) is 10.0 Å². The van der Waals surface area contributed by atoms with Crippen LogP contribution in [0.3, 0.4) is 0 Å². The molecule has 0 saturated heterocycles. The minimum atomic E-state index is -0.932. The van der Waals surface area contributed by atoms with E-state index in [2.05, 4.69) is 5.32 Å². The predicted molar refractivity (Wildman–Crippen MR) is 81.4 cm³/mol. The molecule has 5 nitrogen and oxygen atoms in total. The molecule has 1 rings (SSSR count). The zero-order chi connectivity index (χ0) is 16.0. The molecule has 1 unspecified atom stereocenters. The van der Waals surface area contributed by atoms with Gasteiger partial charge in [-0.2, -0.15) is 0 Å². The van der Waals surface area contributed by atoms with Crippen molar-refractivity contribution in [1.29, 1.82) is 0 Å². The van der Waals surface area contributed by atoms with Gasteiger partial charge >= 0.3 is 5.97 Å². The maximum Gasteiger partial charge on any atom is 0.308 e. The van der Waals surface area contributed by atoms with E-state index in [1.165, 1.54) is 19.2 Å². The number of halogens is 2. The zero-order valence-electron chi connectivity index (χ0n) is 11.8. The van der Waals surface area contributed by atoms with E-state index in [4.69, 9.17) is 33.0 Å². The minimum absolute atomic E-state index is 0.0470. The van der Waals surface area contributed by atoms with Gasteiger partial charge in [0.05, 0.1) is 28.6 Å². The van der Waals surface area contributed by atoms with Gasteiger partial charge in [-0.05, 0) is 12.5 Å². The molecule has 1 aromatic rings. The molecule has 0 radical (unpaired) electrons. The van der Waals surface area contributed by atoms with E-state index in [0.717, 1.165) is 6.42 Å². The summed E-state index contributed by atoms with van der Waals surface area (Å²) in [5.41, 5.74) is 0.215. The summed E-state index contributed by atoms with van der Waals surface area (Å²) in [4.78, 5) is 23.2. The van der Waals surface area contributed by atoms with Crippen LogP contribution in [0, 0.1) is 5.92 Å². The third-order valence-electron chi connectivity index (χ3n) is 2.98. The maximum absolute atomic E-state index is 12.1. The van der Waals surface area contributed by atoms with Crippen LogP contribution in [0.5, 0.6) is 5.75 Å². The van der Waals surface area contributed by atoms with Crippen molar-refractivity contribution in [2.24, 2.45) is 5.92 Å². The van der Waals surface area contributed by atoms with Crippen molar-refractivity contribution in [3.63, 3.8) is 0 Å². The molecule has 2 N–H and O–H groups in total. The first-order valence-electron chi connectivity index (χ1n) is 6.44. The molecule has 21 heavy (non-hydrogen) atoms. The van der Waals surface area contributed by atoms with Gasteiger partial charge in [-0.25, -0.2) is 0 Å². The lowest BCUT2D eigenvalue weighted by Gasteiger charge is -2.14. The molecule has 0 bridgehead atoms. The monoisotopic (exact) mass is 333 g/mol. The summed E-state index contributed by atoms with van der Waals surface area (Å²) >= 11 is 11.7. The molecule has 1 amide bonds. The van der Waals surface area contributed by atoms with Crippen LogP contribution in [0.25, 0.3) is 0 Å². The van der Waals surface area contributed by atoms with E-state index in [-0.39, 0.29) is 27.9 Å². The number of hydrogen-bond acceptors (Lipinski definition) is 3. The Morgan fingerprint density at radius 2 is 1.95 bits per heavy atom. The second-order valence-electron chi connectivity index (χ2n) is 4.50. The fraction of sp³-hybridized carbons (Fsp3) is 0.429. The number of benzene rings is 1. The van der Waals surface area contributed by atoms with Gasteiger partial charge < -0.3 is 15.2 Å². The van der Waals surface area contributed by atoms with Gasteiger partial charge in [-0.3, -0.25) is 9.59 Å². The SMILES string of the molecule is CCCC(CNC(=O)c1cc(Cl)c(Cl)cc1OC)C(=O)O.